The second-order valence-electron chi connectivity index (χ2n) is 4.13. The number of rotatable bonds is 1. The Morgan fingerprint density at radius 2 is 2.36 bits per heavy atom. The molecule has 2 heteroatoms. The number of carbonyl (C=O) groups is 1. The summed E-state index contributed by atoms with van der Waals surface area (Å²) in [7, 11) is 0. The smallest absolute Gasteiger partial charge is 0.306 e. The zero-order valence-corrected chi connectivity index (χ0v) is 8.53. The van der Waals surface area contributed by atoms with Crippen LogP contribution in [0.3, 0.4) is 0 Å². The van der Waals surface area contributed by atoms with Gasteiger partial charge < -0.3 is 4.74 Å². The average molecular weight is 192 g/mol. The van der Waals surface area contributed by atoms with Gasteiger partial charge in [-0.25, -0.2) is 0 Å². The molecule has 2 atom stereocenters. The maximum absolute atomic E-state index is 11.1. The lowest BCUT2D eigenvalue weighted by molar-refractivity contribution is -0.155. The van der Waals surface area contributed by atoms with E-state index in [9.17, 15) is 4.79 Å². The molecule has 0 aromatic rings. The Morgan fingerprint density at radius 3 is 3.00 bits per heavy atom. The first-order valence-electron chi connectivity index (χ1n) is 5.30. The van der Waals surface area contributed by atoms with Crippen LogP contribution in [0.25, 0.3) is 0 Å². The molecule has 76 valence electrons. The third-order valence-corrected chi connectivity index (χ3v) is 2.95. The highest BCUT2D eigenvalue weighted by Crippen LogP contribution is 2.27. The van der Waals surface area contributed by atoms with Gasteiger partial charge in [0.25, 0.3) is 0 Å². The van der Waals surface area contributed by atoms with Crippen molar-refractivity contribution in [1.82, 2.24) is 0 Å². The second-order valence-corrected chi connectivity index (χ2v) is 4.13. The van der Waals surface area contributed by atoms with Crippen molar-refractivity contribution in [3.63, 3.8) is 0 Å². The first kappa shape index (κ1) is 9.50. The molecule has 0 spiro atoms. The molecule has 2 rings (SSSR count). The maximum atomic E-state index is 11.1. The van der Waals surface area contributed by atoms with E-state index < -0.39 is 0 Å². The molecule has 0 bridgehead atoms. The third-order valence-electron chi connectivity index (χ3n) is 2.95. The van der Waals surface area contributed by atoms with Gasteiger partial charge in [-0.2, -0.15) is 0 Å². The summed E-state index contributed by atoms with van der Waals surface area (Å²) in [6.45, 7) is 2.10. The third kappa shape index (κ3) is 2.06. The Labute approximate surface area is 84.6 Å². The highest BCUT2D eigenvalue weighted by molar-refractivity contribution is 5.70. The number of hydrogen-bond donors (Lipinski definition) is 0. The van der Waals surface area contributed by atoms with Crippen LogP contribution in [0.15, 0.2) is 23.8 Å². The van der Waals surface area contributed by atoms with Crippen LogP contribution >= 0.6 is 0 Å². The summed E-state index contributed by atoms with van der Waals surface area (Å²) in [5, 5.41) is 0. The van der Waals surface area contributed by atoms with Crippen LogP contribution in [-0.4, -0.2) is 12.1 Å². The minimum atomic E-state index is -0.0269. The monoisotopic (exact) mass is 192 g/mol. The zero-order chi connectivity index (χ0) is 9.97. The van der Waals surface area contributed by atoms with E-state index in [-0.39, 0.29) is 12.1 Å². The van der Waals surface area contributed by atoms with E-state index in [1.165, 1.54) is 5.57 Å². The molecule has 1 aliphatic heterocycles. The molecule has 1 fully saturated rings. The quantitative estimate of drug-likeness (QED) is 0.597. The van der Waals surface area contributed by atoms with Crippen molar-refractivity contribution in [3.8, 4) is 0 Å². The van der Waals surface area contributed by atoms with Gasteiger partial charge in [0.2, 0.25) is 0 Å². The molecule has 0 N–H and O–H groups in total. The van der Waals surface area contributed by atoms with E-state index in [0.717, 1.165) is 19.3 Å². The van der Waals surface area contributed by atoms with Crippen LogP contribution in [0.1, 0.15) is 32.6 Å². The molecule has 2 aliphatic rings. The predicted octanol–water partition coefficient (Wildman–Crippen LogP) is 2.60. The standard InChI is InChI=1S/C12H16O2/c1-9-5-7-10(8-6-9)11-3-2-4-12(13)14-11/h5-7,10-11H,2-4,8H2,1H3. The van der Waals surface area contributed by atoms with Gasteiger partial charge in [0.05, 0.1) is 0 Å². The highest BCUT2D eigenvalue weighted by Gasteiger charge is 2.27. The fraction of sp³-hybridized carbons (Fsp3) is 0.583. The van der Waals surface area contributed by atoms with Crippen LogP contribution < -0.4 is 0 Å². The van der Waals surface area contributed by atoms with Crippen molar-refractivity contribution in [2.24, 2.45) is 5.92 Å². The SMILES string of the molecule is CC1=CCC(C2CCCC(=O)O2)C=C1. The first-order chi connectivity index (χ1) is 6.75. The van der Waals surface area contributed by atoms with E-state index in [1.807, 2.05) is 0 Å². The van der Waals surface area contributed by atoms with Crippen LogP contribution in [-0.2, 0) is 9.53 Å². The normalized spacial score (nSPS) is 32.4. The van der Waals surface area contributed by atoms with Gasteiger partial charge in [-0.05, 0) is 26.2 Å². The summed E-state index contributed by atoms with van der Waals surface area (Å²) in [4.78, 5) is 11.1. The van der Waals surface area contributed by atoms with Crippen molar-refractivity contribution in [1.29, 1.82) is 0 Å². The largest absolute Gasteiger partial charge is 0.462 e. The summed E-state index contributed by atoms with van der Waals surface area (Å²) < 4.78 is 5.34. The van der Waals surface area contributed by atoms with Crippen molar-refractivity contribution in [3.05, 3.63) is 23.8 Å². The Balaban J connectivity index is 1.96. The molecule has 1 heterocycles. The number of esters is 1. The molecule has 1 aliphatic carbocycles. The summed E-state index contributed by atoms with van der Waals surface area (Å²) >= 11 is 0. The molecule has 0 radical (unpaired) electrons. The number of cyclic esters (lactones) is 1. The summed E-state index contributed by atoms with van der Waals surface area (Å²) in [6.07, 6.45) is 10.3. The second kappa shape index (κ2) is 3.99. The van der Waals surface area contributed by atoms with Crippen LogP contribution in [0, 0.1) is 5.92 Å². The topological polar surface area (TPSA) is 26.3 Å². The number of carbonyl (C=O) groups excluding carboxylic acids is 1. The lowest BCUT2D eigenvalue weighted by Gasteiger charge is -2.28. The van der Waals surface area contributed by atoms with Gasteiger partial charge >= 0.3 is 5.97 Å². The fourth-order valence-electron chi connectivity index (χ4n) is 2.06. The molecular formula is C12H16O2. The predicted molar refractivity (Wildman–Crippen MR) is 54.7 cm³/mol. The first-order valence-corrected chi connectivity index (χ1v) is 5.30. The number of ether oxygens (including phenoxy) is 1. The highest BCUT2D eigenvalue weighted by atomic mass is 16.5. The molecular weight excluding hydrogens is 176 g/mol. The van der Waals surface area contributed by atoms with Crippen LogP contribution in [0.4, 0.5) is 0 Å². The van der Waals surface area contributed by atoms with Gasteiger partial charge in [-0.1, -0.05) is 23.8 Å². The molecule has 0 saturated carbocycles. The Kier molecular flexibility index (Phi) is 2.71. The zero-order valence-electron chi connectivity index (χ0n) is 8.53. The number of allylic oxidation sites excluding steroid dienone is 3. The van der Waals surface area contributed by atoms with E-state index in [0.29, 0.717) is 12.3 Å². The van der Waals surface area contributed by atoms with E-state index >= 15 is 0 Å². The van der Waals surface area contributed by atoms with Crippen molar-refractivity contribution in [2.75, 3.05) is 0 Å². The molecule has 1 saturated heterocycles. The van der Waals surface area contributed by atoms with Gasteiger partial charge in [0, 0.05) is 12.3 Å². The van der Waals surface area contributed by atoms with E-state index in [2.05, 4.69) is 25.2 Å². The Morgan fingerprint density at radius 1 is 1.50 bits per heavy atom. The minimum absolute atomic E-state index is 0.0269. The van der Waals surface area contributed by atoms with Crippen LogP contribution in [0.5, 0.6) is 0 Å². The lowest BCUT2D eigenvalue weighted by atomic mass is 9.88. The molecule has 2 nitrogen and oxygen atoms in total. The average Bonchev–Trinajstić information content (AvgIpc) is 2.19. The van der Waals surface area contributed by atoms with Gasteiger partial charge in [0.1, 0.15) is 6.10 Å². The molecule has 0 aromatic carbocycles. The molecule has 0 aromatic heterocycles. The minimum Gasteiger partial charge on any atom is -0.462 e. The van der Waals surface area contributed by atoms with Crippen molar-refractivity contribution >= 4 is 5.97 Å². The van der Waals surface area contributed by atoms with Crippen molar-refractivity contribution < 1.29 is 9.53 Å². The molecule has 0 amide bonds. The van der Waals surface area contributed by atoms with Crippen LogP contribution in [0.2, 0.25) is 0 Å². The maximum Gasteiger partial charge on any atom is 0.306 e. The lowest BCUT2D eigenvalue weighted by Crippen LogP contribution is -2.30. The van der Waals surface area contributed by atoms with Crippen molar-refractivity contribution in [2.45, 2.75) is 38.7 Å². The Hall–Kier alpha value is -1.05. The summed E-state index contributed by atoms with van der Waals surface area (Å²) in [5.74, 6) is 0.379. The summed E-state index contributed by atoms with van der Waals surface area (Å²) in [5.41, 5.74) is 1.31. The Bertz CT molecular complexity index is 289. The molecule has 14 heavy (non-hydrogen) atoms. The van der Waals surface area contributed by atoms with Gasteiger partial charge in [-0.15, -0.1) is 0 Å². The fourth-order valence-corrected chi connectivity index (χ4v) is 2.06. The van der Waals surface area contributed by atoms with E-state index in [4.69, 9.17) is 4.74 Å². The van der Waals surface area contributed by atoms with Gasteiger partial charge in [0.15, 0.2) is 0 Å². The molecule has 2 unspecified atom stereocenters. The summed E-state index contributed by atoms with van der Waals surface area (Å²) in [6, 6.07) is 0. The van der Waals surface area contributed by atoms with Gasteiger partial charge in [-0.3, -0.25) is 4.79 Å². The number of hydrogen-bond acceptors (Lipinski definition) is 2. The van der Waals surface area contributed by atoms with E-state index in [1.54, 1.807) is 0 Å².